The van der Waals surface area contributed by atoms with Gasteiger partial charge < -0.3 is 14.6 Å². The number of benzene rings is 1. The lowest BCUT2D eigenvalue weighted by atomic mass is 10.2. The Morgan fingerprint density at radius 1 is 1.15 bits per heavy atom. The van der Waals surface area contributed by atoms with E-state index in [1.165, 1.54) is 0 Å². The van der Waals surface area contributed by atoms with E-state index in [1.54, 1.807) is 23.6 Å². The fourth-order valence-corrected chi connectivity index (χ4v) is 2.82. The summed E-state index contributed by atoms with van der Waals surface area (Å²) < 4.78 is 6.58. The Morgan fingerprint density at radius 2 is 1.92 bits per heavy atom. The maximum atomic E-state index is 12.8. The molecule has 0 radical (unpaired) electrons. The van der Waals surface area contributed by atoms with Crippen LogP contribution in [-0.4, -0.2) is 33.0 Å². The second-order valence-electron chi connectivity index (χ2n) is 5.94. The number of carbonyl (C=O) groups is 2. The van der Waals surface area contributed by atoms with E-state index < -0.39 is 11.9 Å². The molecule has 0 bridgehead atoms. The molecule has 0 unspecified atom stereocenters. The summed E-state index contributed by atoms with van der Waals surface area (Å²) in [6.07, 6.45) is 0. The van der Waals surface area contributed by atoms with Gasteiger partial charge >= 0.3 is 5.97 Å². The number of esters is 1. The van der Waals surface area contributed by atoms with Gasteiger partial charge in [0.25, 0.3) is 5.91 Å². The fraction of sp³-hybridized carbons (Fsp3) is 0.263. The molecule has 1 amide bonds. The summed E-state index contributed by atoms with van der Waals surface area (Å²) >= 11 is 0. The molecule has 134 valence electrons. The predicted octanol–water partition coefficient (Wildman–Crippen LogP) is 2.86. The lowest BCUT2D eigenvalue weighted by molar-refractivity contribution is -0.143. The van der Waals surface area contributed by atoms with Gasteiger partial charge in [0.05, 0.1) is 17.6 Å². The number of rotatable bonds is 5. The van der Waals surface area contributed by atoms with Gasteiger partial charge in [-0.3, -0.25) is 9.59 Å². The highest BCUT2D eigenvalue weighted by Crippen LogP contribution is 2.18. The topological polar surface area (TPSA) is 86.1 Å². The first-order valence-electron chi connectivity index (χ1n) is 8.35. The van der Waals surface area contributed by atoms with Gasteiger partial charge in [-0.2, -0.15) is 0 Å². The quantitative estimate of drug-likeness (QED) is 0.714. The standard InChI is InChI=1S/C19H20N4O3/c1-4-26-17(24)11-23-15-8-6-5-7-14(15)21-18(23)19(25)22-16-10-12(2)9-13(3)20-16/h5-10H,4,11H2,1-3H3,(H,20,22,25). The molecule has 0 saturated carbocycles. The van der Waals surface area contributed by atoms with E-state index in [0.717, 1.165) is 11.3 Å². The molecule has 1 aromatic carbocycles. The molecule has 0 aliphatic rings. The highest BCUT2D eigenvalue weighted by atomic mass is 16.5. The fourth-order valence-electron chi connectivity index (χ4n) is 2.82. The van der Waals surface area contributed by atoms with Gasteiger partial charge in [-0.1, -0.05) is 12.1 Å². The number of imidazole rings is 1. The molecule has 0 atom stereocenters. The third-order valence-electron chi connectivity index (χ3n) is 3.79. The van der Waals surface area contributed by atoms with Crippen LogP contribution in [0.2, 0.25) is 0 Å². The van der Waals surface area contributed by atoms with E-state index >= 15 is 0 Å². The zero-order valence-corrected chi connectivity index (χ0v) is 14.9. The van der Waals surface area contributed by atoms with E-state index in [9.17, 15) is 9.59 Å². The van der Waals surface area contributed by atoms with Crippen molar-refractivity contribution in [1.29, 1.82) is 0 Å². The first-order valence-corrected chi connectivity index (χ1v) is 8.35. The second kappa shape index (κ2) is 7.35. The second-order valence-corrected chi connectivity index (χ2v) is 5.94. The smallest absolute Gasteiger partial charge is 0.326 e. The van der Waals surface area contributed by atoms with Crippen LogP contribution in [0.3, 0.4) is 0 Å². The lowest BCUT2D eigenvalue weighted by Crippen LogP contribution is -2.22. The number of para-hydroxylation sites is 2. The van der Waals surface area contributed by atoms with Crippen molar-refractivity contribution >= 4 is 28.7 Å². The third-order valence-corrected chi connectivity index (χ3v) is 3.79. The van der Waals surface area contributed by atoms with Crippen molar-refractivity contribution in [3.05, 3.63) is 53.5 Å². The number of hydrogen-bond acceptors (Lipinski definition) is 5. The summed E-state index contributed by atoms with van der Waals surface area (Å²) in [7, 11) is 0. The molecule has 3 rings (SSSR count). The number of carbonyl (C=O) groups excluding carboxylic acids is 2. The molecular weight excluding hydrogens is 332 g/mol. The van der Waals surface area contributed by atoms with E-state index in [-0.39, 0.29) is 19.0 Å². The van der Waals surface area contributed by atoms with Crippen molar-refractivity contribution in [3.8, 4) is 0 Å². The number of pyridine rings is 1. The molecule has 26 heavy (non-hydrogen) atoms. The number of fused-ring (bicyclic) bond motifs is 1. The van der Waals surface area contributed by atoms with Crippen molar-refractivity contribution < 1.29 is 14.3 Å². The summed E-state index contributed by atoms with van der Waals surface area (Å²) in [4.78, 5) is 33.4. The molecule has 3 aromatic rings. The van der Waals surface area contributed by atoms with Crippen LogP contribution in [0.1, 0.15) is 28.8 Å². The van der Waals surface area contributed by atoms with E-state index in [1.807, 2.05) is 38.1 Å². The number of amides is 1. The number of aryl methyl sites for hydroxylation is 2. The largest absolute Gasteiger partial charge is 0.465 e. The van der Waals surface area contributed by atoms with E-state index in [4.69, 9.17) is 4.74 Å². The minimum Gasteiger partial charge on any atom is -0.465 e. The van der Waals surface area contributed by atoms with Gasteiger partial charge in [0.1, 0.15) is 12.4 Å². The van der Waals surface area contributed by atoms with Gasteiger partial charge in [-0.15, -0.1) is 0 Å². The van der Waals surface area contributed by atoms with Gasteiger partial charge in [0.15, 0.2) is 0 Å². The average Bonchev–Trinajstić information content (AvgIpc) is 2.93. The molecule has 2 heterocycles. The summed E-state index contributed by atoms with van der Waals surface area (Å²) in [6.45, 7) is 5.72. The monoisotopic (exact) mass is 352 g/mol. The molecule has 2 aromatic heterocycles. The Labute approximate surface area is 151 Å². The van der Waals surface area contributed by atoms with Crippen molar-refractivity contribution in [2.75, 3.05) is 11.9 Å². The summed E-state index contributed by atoms with van der Waals surface area (Å²) in [5, 5.41) is 2.76. The first-order chi connectivity index (χ1) is 12.5. The van der Waals surface area contributed by atoms with Crippen LogP contribution in [0, 0.1) is 13.8 Å². The van der Waals surface area contributed by atoms with E-state index in [0.29, 0.717) is 16.9 Å². The molecular formula is C19H20N4O3. The number of nitrogens with one attached hydrogen (secondary N) is 1. The van der Waals surface area contributed by atoms with Gasteiger partial charge in [-0.05, 0) is 50.6 Å². The molecule has 1 N–H and O–H groups in total. The Kier molecular flexibility index (Phi) is 4.97. The van der Waals surface area contributed by atoms with Crippen LogP contribution in [0.5, 0.6) is 0 Å². The van der Waals surface area contributed by atoms with Gasteiger partial charge in [0, 0.05) is 5.69 Å². The highest BCUT2D eigenvalue weighted by molar-refractivity contribution is 6.03. The maximum absolute atomic E-state index is 12.8. The third kappa shape index (κ3) is 3.72. The number of ether oxygens (including phenoxy) is 1. The number of hydrogen-bond donors (Lipinski definition) is 1. The average molecular weight is 352 g/mol. The molecule has 0 aliphatic carbocycles. The van der Waals surface area contributed by atoms with Crippen LogP contribution in [0.25, 0.3) is 11.0 Å². The zero-order chi connectivity index (χ0) is 18.7. The van der Waals surface area contributed by atoms with E-state index in [2.05, 4.69) is 15.3 Å². The lowest BCUT2D eigenvalue weighted by Gasteiger charge is -2.09. The normalized spacial score (nSPS) is 10.7. The van der Waals surface area contributed by atoms with Crippen molar-refractivity contribution in [3.63, 3.8) is 0 Å². The van der Waals surface area contributed by atoms with Crippen LogP contribution < -0.4 is 5.32 Å². The number of nitrogens with zero attached hydrogens (tertiary/aromatic N) is 3. The Bertz CT molecular complexity index is 958. The molecule has 0 saturated heterocycles. The highest BCUT2D eigenvalue weighted by Gasteiger charge is 2.20. The zero-order valence-electron chi connectivity index (χ0n) is 14.9. The summed E-state index contributed by atoms with van der Waals surface area (Å²) in [5.41, 5.74) is 3.13. The minimum absolute atomic E-state index is 0.0859. The SMILES string of the molecule is CCOC(=O)Cn1c(C(=O)Nc2cc(C)cc(C)n2)nc2ccccc21. The van der Waals surface area contributed by atoms with Crippen molar-refractivity contribution in [1.82, 2.24) is 14.5 Å². The van der Waals surface area contributed by atoms with Crippen LogP contribution >= 0.6 is 0 Å². The molecule has 7 nitrogen and oxygen atoms in total. The van der Waals surface area contributed by atoms with Crippen molar-refractivity contribution in [2.24, 2.45) is 0 Å². The molecule has 0 fully saturated rings. The first kappa shape index (κ1) is 17.6. The van der Waals surface area contributed by atoms with Crippen LogP contribution in [-0.2, 0) is 16.1 Å². The van der Waals surface area contributed by atoms with Gasteiger partial charge in [-0.25, -0.2) is 9.97 Å². The van der Waals surface area contributed by atoms with Gasteiger partial charge in [0.2, 0.25) is 5.82 Å². The minimum atomic E-state index is -0.428. The Hall–Kier alpha value is -3.22. The summed E-state index contributed by atoms with van der Waals surface area (Å²) in [5.74, 6) is -0.264. The predicted molar refractivity (Wildman–Crippen MR) is 98.0 cm³/mol. The van der Waals surface area contributed by atoms with Crippen LogP contribution in [0.15, 0.2) is 36.4 Å². The maximum Gasteiger partial charge on any atom is 0.326 e. The number of anilines is 1. The Morgan fingerprint density at radius 3 is 2.65 bits per heavy atom. The molecule has 0 aliphatic heterocycles. The molecule has 0 spiro atoms. The Balaban J connectivity index is 1.97. The van der Waals surface area contributed by atoms with Crippen LogP contribution in [0.4, 0.5) is 5.82 Å². The molecule has 7 heteroatoms. The summed E-state index contributed by atoms with van der Waals surface area (Å²) in [6, 6.07) is 11.0. The number of aromatic nitrogens is 3. The van der Waals surface area contributed by atoms with Crippen molar-refractivity contribution in [2.45, 2.75) is 27.3 Å².